The summed E-state index contributed by atoms with van der Waals surface area (Å²) in [6, 6.07) is 3.17. The number of hydrazone groups is 2. The molecule has 2 amide bonds. The minimum atomic E-state index is -0.344. The standard InChI is InChI=1S/C9H10N4O2/c1-7-6-13(9(14)12-11-7)10-5-8-3-2-4-15-8/h2-5H,6H2,1H3,(H,12,14)/b10-5+. The van der Waals surface area contributed by atoms with Crippen LogP contribution < -0.4 is 5.43 Å². The number of furan rings is 1. The van der Waals surface area contributed by atoms with Crippen LogP contribution >= 0.6 is 0 Å². The van der Waals surface area contributed by atoms with Gasteiger partial charge in [0.1, 0.15) is 5.76 Å². The van der Waals surface area contributed by atoms with Gasteiger partial charge in [-0.15, -0.1) is 0 Å². The lowest BCUT2D eigenvalue weighted by Crippen LogP contribution is -2.41. The van der Waals surface area contributed by atoms with E-state index < -0.39 is 0 Å². The van der Waals surface area contributed by atoms with Gasteiger partial charge in [0.25, 0.3) is 0 Å². The van der Waals surface area contributed by atoms with Gasteiger partial charge in [0.05, 0.1) is 24.7 Å². The molecule has 15 heavy (non-hydrogen) atoms. The molecule has 2 heterocycles. The second-order valence-electron chi connectivity index (χ2n) is 3.08. The van der Waals surface area contributed by atoms with Crippen molar-refractivity contribution in [2.45, 2.75) is 6.92 Å². The van der Waals surface area contributed by atoms with Crippen molar-refractivity contribution in [3.05, 3.63) is 24.2 Å². The fourth-order valence-corrected chi connectivity index (χ4v) is 1.11. The predicted octanol–water partition coefficient (Wildman–Crippen LogP) is 1.01. The summed E-state index contributed by atoms with van der Waals surface area (Å²) in [4.78, 5) is 11.3. The van der Waals surface area contributed by atoms with Crippen LogP contribution in [0.2, 0.25) is 0 Å². The average Bonchev–Trinajstić information content (AvgIpc) is 2.72. The zero-order chi connectivity index (χ0) is 10.7. The maximum Gasteiger partial charge on any atom is 0.358 e. The van der Waals surface area contributed by atoms with Crippen molar-refractivity contribution < 1.29 is 9.21 Å². The molecule has 2 rings (SSSR count). The highest BCUT2D eigenvalue weighted by molar-refractivity contribution is 5.92. The molecule has 1 aromatic rings. The quantitative estimate of drug-likeness (QED) is 0.733. The third-order valence-electron chi connectivity index (χ3n) is 1.82. The molecule has 1 N–H and O–H groups in total. The second kappa shape index (κ2) is 3.95. The summed E-state index contributed by atoms with van der Waals surface area (Å²) in [5, 5.41) is 9.05. The van der Waals surface area contributed by atoms with Crippen LogP contribution in [-0.2, 0) is 0 Å². The summed E-state index contributed by atoms with van der Waals surface area (Å²) in [7, 11) is 0. The van der Waals surface area contributed by atoms with E-state index >= 15 is 0 Å². The Bertz CT molecular complexity index is 408. The van der Waals surface area contributed by atoms with Crippen LogP contribution in [0.5, 0.6) is 0 Å². The van der Waals surface area contributed by atoms with E-state index in [2.05, 4.69) is 15.6 Å². The molecule has 0 fully saturated rings. The number of nitrogens with zero attached hydrogens (tertiary/aromatic N) is 3. The summed E-state index contributed by atoms with van der Waals surface area (Å²) < 4.78 is 5.05. The molecule has 1 aliphatic heterocycles. The Balaban J connectivity index is 2.06. The van der Waals surface area contributed by atoms with E-state index in [9.17, 15) is 4.79 Å². The van der Waals surface area contributed by atoms with Crippen LogP contribution in [0.15, 0.2) is 33.0 Å². The first-order valence-corrected chi connectivity index (χ1v) is 4.44. The molecular formula is C9H10N4O2. The van der Waals surface area contributed by atoms with Crippen molar-refractivity contribution >= 4 is 18.0 Å². The number of amides is 2. The maximum absolute atomic E-state index is 11.3. The monoisotopic (exact) mass is 206 g/mol. The highest BCUT2D eigenvalue weighted by Gasteiger charge is 2.17. The Kier molecular flexibility index (Phi) is 2.49. The molecule has 78 valence electrons. The highest BCUT2D eigenvalue weighted by Crippen LogP contribution is 2.00. The van der Waals surface area contributed by atoms with E-state index in [1.54, 1.807) is 18.4 Å². The molecule has 0 spiro atoms. The topological polar surface area (TPSA) is 70.2 Å². The Morgan fingerprint density at radius 2 is 2.60 bits per heavy atom. The number of hydrogen-bond donors (Lipinski definition) is 1. The van der Waals surface area contributed by atoms with Crippen molar-refractivity contribution in [2.75, 3.05) is 6.54 Å². The zero-order valence-electron chi connectivity index (χ0n) is 8.17. The summed E-state index contributed by atoms with van der Waals surface area (Å²) in [5.74, 6) is 0.600. The molecule has 0 atom stereocenters. The van der Waals surface area contributed by atoms with Crippen molar-refractivity contribution in [3.63, 3.8) is 0 Å². The van der Waals surface area contributed by atoms with E-state index in [0.29, 0.717) is 12.3 Å². The van der Waals surface area contributed by atoms with Crippen LogP contribution in [0.4, 0.5) is 4.79 Å². The Labute approximate surface area is 86.2 Å². The molecule has 0 saturated carbocycles. The molecular weight excluding hydrogens is 196 g/mol. The van der Waals surface area contributed by atoms with Crippen LogP contribution in [0.25, 0.3) is 0 Å². The van der Waals surface area contributed by atoms with Gasteiger partial charge in [-0.1, -0.05) is 0 Å². The van der Waals surface area contributed by atoms with Crippen molar-refractivity contribution in [1.82, 2.24) is 10.4 Å². The predicted molar refractivity (Wildman–Crippen MR) is 54.6 cm³/mol. The number of hydrogen-bond acceptors (Lipinski definition) is 4. The van der Waals surface area contributed by atoms with E-state index in [1.165, 1.54) is 11.2 Å². The highest BCUT2D eigenvalue weighted by atomic mass is 16.3. The first-order valence-electron chi connectivity index (χ1n) is 4.44. The molecule has 0 bridgehead atoms. The Morgan fingerprint density at radius 1 is 1.73 bits per heavy atom. The molecule has 0 radical (unpaired) electrons. The molecule has 0 saturated heterocycles. The van der Waals surface area contributed by atoms with Crippen LogP contribution in [-0.4, -0.2) is 29.5 Å². The molecule has 6 heteroatoms. The van der Waals surface area contributed by atoms with Gasteiger partial charge >= 0.3 is 6.03 Å². The number of carbonyl (C=O) groups excluding carboxylic acids is 1. The average molecular weight is 206 g/mol. The Hall–Kier alpha value is -2.11. The summed E-state index contributed by atoms with van der Waals surface area (Å²) in [6.45, 7) is 2.21. The number of nitrogens with one attached hydrogen (secondary N) is 1. The van der Waals surface area contributed by atoms with Gasteiger partial charge < -0.3 is 4.42 Å². The largest absolute Gasteiger partial charge is 0.463 e. The molecule has 0 aliphatic carbocycles. The summed E-state index contributed by atoms with van der Waals surface area (Å²) in [6.07, 6.45) is 3.03. The normalized spacial score (nSPS) is 16.7. The lowest BCUT2D eigenvalue weighted by atomic mass is 10.4. The van der Waals surface area contributed by atoms with E-state index in [-0.39, 0.29) is 6.03 Å². The molecule has 0 unspecified atom stereocenters. The maximum atomic E-state index is 11.3. The smallest absolute Gasteiger partial charge is 0.358 e. The Morgan fingerprint density at radius 3 is 3.33 bits per heavy atom. The summed E-state index contributed by atoms with van der Waals surface area (Å²) in [5.41, 5.74) is 3.14. The van der Waals surface area contributed by atoms with E-state index in [0.717, 1.165) is 5.71 Å². The van der Waals surface area contributed by atoms with Gasteiger partial charge in [-0.2, -0.15) is 10.2 Å². The molecule has 0 aromatic carbocycles. The van der Waals surface area contributed by atoms with Gasteiger partial charge in [-0.25, -0.2) is 15.2 Å². The van der Waals surface area contributed by atoms with Crippen molar-refractivity contribution in [1.29, 1.82) is 0 Å². The van der Waals surface area contributed by atoms with Gasteiger partial charge in [-0.05, 0) is 19.1 Å². The molecule has 1 aliphatic rings. The first-order chi connectivity index (χ1) is 7.25. The lowest BCUT2D eigenvalue weighted by Gasteiger charge is -2.19. The van der Waals surface area contributed by atoms with Gasteiger partial charge in [-0.3, -0.25) is 0 Å². The third-order valence-corrected chi connectivity index (χ3v) is 1.82. The van der Waals surface area contributed by atoms with Crippen molar-refractivity contribution in [2.24, 2.45) is 10.2 Å². The molecule has 1 aromatic heterocycles. The van der Waals surface area contributed by atoms with Gasteiger partial charge in [0, 0.05) is 0 Å². The summed E-state index contributed by atoms with van der Waals surface area (Å²) >= 11 is 0. The minimum absolute atomic E-state index is 0.344. The van der Waals surface area contributed by atoms with Gasteiger partial charge in [0.2, 0.25) is 0 Å². The van der Waals surface area contributed by atoms with Crippen LogP contribution in [0.3, 0.4) is 0 Å². The second-order valence-corrected chi connectivity index (χ2v) is 3.08. The number of rotatable bonds is 2. The third kappa shape index (κ3) is 2.22. The van der Waals surface area contributed by atoms with Crippen molar-refractivity contribution in [3.8, 4) is 0 Å². The van der Waals surface area contributed by atoms with Crippen LogP contribution in [0.1, 0.15) is 12.7 Å². The minimum Gasteiger partial charge on any atom is -0.463 e. The lowest BCUT2D eigenvalue weighted by molar-refractivity contribution is 0.204. The fourth-order valence-electron chi connectivity index (χ4n) is 1.11. The SMILES string of the molecule is CC1=NNC(=O)N(/N=C/c2ccco2)C1. The number of carbonyl (C=O) groups is 1. The fraction of sp³-hybridized carbons (Fsp3) is 0.222. The van der Waals surface area contributed by atoms with Crippen LogP contribution in [0, 0.1) is 0 Å². The molecule has 6 nitrogen and oxygen atoms in total. The van der Waals surface area contributed by atoms with Gasteiger partial charge in [0.15, 0.2) is 0 Å². The first kappa shape index (κ1) is 9.45. The van der Waals surface area contributed by atoms with E-state index in [1.807, 2.05) is 6.92 Å². The number of urea groups is 1. The zero-order valence-corrected chi connectivity index (χ0v) is 8.17. The van der Waals surface area contributed by atoms with E-state index in [4.69, 9.17) is 4.42 Å².